The number of hydrogen-bond donors (Lipinski definition) is 0. The number of Topliss-reactive ketones (excluding diaryl/α,β-unsaturated/α-hetero) is 2. The van der Waals surface area contributed by atoms with Gasteiger partial charge < -0.3 is 4.48 Å². The van der Waals surface area contributed by atoms with Gasteiger partial charge in [0.25, 0.3) is 0 Å². The summed E-state index contributed by atoms with van der Waals surface area (Å²) in [6, 6.07) is 15.9. The van der Waals surface area contributed by atoms with Crippen molar-refractivity contribution < 1.29 is 14.1 Å². The van der Waals surface area contributed by atoms with Crippen LogP contribution in [0.25, 0.3) is 0 Å². The number of carbonyl (C=O) groups excluding carboxylic acids is 2. The van der Waals surface area contributed by atoms with Crippen LogP contribution in [0.1, 0.15) is 26.3 Å². The van der Waals surface area contributed by atoms with Crippen molar-refractivity contribution in [2.75, 3.05) is 21.1 Å². The molecule has 0 saturated heterocycles. The van der Waals surface area contributed by atoms with E-state index in [1.807, 2.05) is 18.2 Å². The molecule has 21 heavy (non-hydrogen) atoms. The molecule has 0 fully saturated rings. The van der Waals surface area contributed by atoms with Crippen molar-refractivity contribution in [2.24, 2.45) is 0 Å². The topological polar surface area (TPSA) is 34.1 Å². The van der Waals surface area contributed by atoms with E-state index in [-0.39, 0.29) is 0 Å². The number of carbonyl (C=O) groups is 2. The number of hydrogen-bond acceptors (Lipinski definition) is 2. The lowest BCUT2D eigenvalue weighted by molar-refractivity contribution is -0.884. The first-order chi connectivity index (χ1) is 9.87. The maximum Gasteiger partial charge on any atom is 0.233 e. The first-order valence-corrected chi connectivity index (χ1v) is 6.90. The van der Waals surface area contributed by atoms with Gasteiger partial charge in [0.1, 0.15) is 6.54 Å². The fourth-order valence-electron chi connectivity index (χ4n) is 2.16. The normalized spacial score (nSPS) is 11.2. The van der Waals surface area contributed by atoms with Crippen molar-refractivity contribution in [1.29, 1.82) is 0 Å². The summed E-state index contributed by atoms with van der Waals surface area (Å²) in [4.78, 5) is 24.3. The molecule has 108 valence electrons. The maximum atomic E-state index is 12.2. The molecule has 0 amide bonds. The number of quaternary nitrogens is 1. The van der Waals surface area contributed by atoms with Gasteiger partial charge in [-0.2, -0.15) is 0 Å². The molecule has 0 atom stereocenters. The average Bonchev–Trinajstić information content (AvgIpc) is 2.46. The summed E-state index contributed by atoms with van der Waals surface area (Å²) < 4.78 is 0.816. The van der Waals surface area contributed by atoms with Crippen LogP contribution in [0.15, 0.2) is 54.6 Å². The molecular formula is C18H20NO2+. The predicted octanol–water partition coefficient (Wildman–Crippen LogP) is 2.96. The van der Waals surface area contributed by atoms with Gasteiger partial charge in [-0.15, -0.1) is 0 Å². The number of nitrogens with zero attached hydrogens (tertiary/aromatic N) is 1. The van der Waals surface area contributed by atoms with Gasteiger partial charge in [-0.05, 0) is 0 Å². The minimum Gasteiger partial charge on any atom is -0.327 e. The van der Waals surface area contributed by atoms with Crippen LogP contribution in [0, 0.1) is 0 Å². The molecule has 0 bridgehead atoms. The minimum absolute atomic E-state index is 0.429. The Labute approximate surface area is 125 Å². The standard InChI is InChI=1S/C18H20NO2/c1-19(2,3)13-14-9-11-16(12-10-14)18(21)17(20)15-7-5-4-6-8-15/h4-12H,13H2,1-3H3/q+1. The number of rotatable bonds is 5. The van der Waals surface area contributed by atoms with Crippen LogP contribution in [0.4, 0.5) is 0 Å². The van der Waals surface area contributed by atoms with E-state index in [1.54, 1.807) is 36.4 Å². The quantitative estimate of drug-likeness (QED) is 0.480. The Kier molecular flexibility index (Phi) is 4.34. The van der Waals surface area contributed by atoms with Crippen LogP contribution < -0.4 is 0 Å². The fourth-order valence-corrected chi connectivity index (χ4v) is 2.16. The highest BCUT2D eigenvalue weighted by atomic mass is 16.2. The van der Waals surface area contributed by atoms with Crippen molar-refractivity contribution in [2.45, 2.75) is 6.54 Å². The van der Waals surface area contributed by atoms with Gasteiger partial charge in [0.2, 0.25) is 11.6 Å². The molecule has 0 spiro atoms. The lowest BCUT2D eigenvalue weighted by Crippen LogP contribution is -2.33. The van der Waals surface area contributed by atoms with Gasteiger partial charge in [-0.25, -0.2) is 0 Å². The van der Waals surface area contributed by atoms with E-state index in [2.05, 4.69) is 21.1 Å². The van der Waals surface area contributed by atoms with Crippen molar-refractivity contribution in [3.63, 3.8) is 0 Å². The molecule has 0 aliphatic carbocycles. The van der Waals surface area contributed by atoms with Crippen molar-refractivity contribution in [3.05, 3.63) is 71.3 Å². The van der Waals surface area contributed by atoms with E-state index in [9.17, 15) is 9.59 Å². The van der Waals surface area contributed by atoms with Crippen molar-refractivity contribution >= 4 is 11.6 Å². The Balaban J connectivity index is 2.15. The Morgan fingerprint density at radius 3 is 1.71 bits per heavy atom. The second-order valence-electron chi connectivity index (χ2n) is 6.17. The third kappa shape index (κ3) is 4.10. The van der Waals surface area contributed by atoms with Crippen LogP contribution in [0.2, 0.25) is 0 Å². The summed E-state index contributed by atoms with van der Waals surface area (Å²) in [6.07, 6.45) is 0. The molecule has 0 radical (unpaired) electrons. The lowest BCUT2D eigenvalue weighted by Gasteiger charge is -2.23. The molecule has 2 aromatic rings. The zero-order chi connectivity index (χ0) is 15.5. The van der Waals surface area contributed by atoms with E-state index in [1.165, 1.54) is 0 Å². The molecule has 0 aromatic heterocycles. The summed E-state index contributed by atoms with van der Waals surface area (Å²) in [6.45, 7) is 0.876. The van der Waals surface area contributed by atoms with Gasteiger partial charge >= 0.3 is 0 Å². The van der Waals surface area contributed by atoms with Gasteiger partial charge in [0.15, 0.2) is 0 Å². The highest BCUT2D eigenvalue weighted by Gasteiger charge is 2.18. The van der Waals surface area contributed by atoms with E-state index < -0.39 is 11.6 Å². The van der Waals surface area contributed by atoms with Crippen molar-refractivity contribution in [1.82, 2.24) is 0 Å². The zero-order valence-electron chi connectivity index (χ0n) is 12.7. The fraction of sp³-hybridized carbons (Fsp3) is 0.222. The molecular weight excluding hydrogens is 262 g/mol. The molecule has 2 aromatic carbocycles. The van der Waals surface area contributed by atoms with Gasteiger partial charge in [0, 0.05) is 16.7 Å². The molecule has 3 heteroatoms. The molecule has 0 aliphatic heterocycles. The lowest BCUT2D eigenvalue weighted by atomic mass is 10.0. The summed E-state index contributed by atoms with van der Waals surface area (Å²) in [5, 5.41) is 0. The van der Waals surface area contributed by atoms with E-state index >= 15 is 0 Å². The Bertz CT molecular complexity index is 637. The number of ketones is 2. The third-order valence-corrected chi connectivity index (χ3v) is 3.12. The molecule has 0 saturated carbocycles. The second-order valence-corrected chi connectivity index (χ2v) is 6.17. The van der Waals surface area contributed by atoms with Crippen LogP contribution in [-0.4, -0.2) is 37.2 Å². The first-order valence-electron chi connectivity index (χ1n) is 6.90. The highest BCUT2D eigenvalue weighted by Crippen LogP contribution is 2.12. The van der Waals surface area contributed by atoms with Crippen LogP contribution in [0.5, 0.6) is 0 Å². The van der Waals surface area contributed by atoms with E-state index in [4.69, 9.17) is 0 Å². The second kappa shape index (κ2) is 6.02. The summed E-state index contributed by atoms with van der Waals surface area (Å²) in [5.41, 5.74) is 2.01. The zero-order valence-corrected chi connectivity index (χ0v) is 12.7. The number of benzene rings is 2. The Morgan fingerprint density at radius 2 is 1.24 bits per heavy atom. The molecule has 0 unspecified atom stereocenters. The monoisotopic (exact) mass is 282 g/mol. The summed E-state index contributed by atoms with van der Waals surface area (Å²) in [5.74, 6) is -0.923. The first kappa shape index (κ1) is 15.1. The van der Waals surface area contributed by atoms with Crippen LogP contribution in [-0.2, 0) is 6.54 Å². The molecule has 0 heterocycles. The molecule has 2 rings (SSSR count). The summed E-state index contributed by atoms with van der Waals surface area (Å²) in [7, 11) is 6.33. The minimum atomic E-state index is -0.463. The smallest absolute Gasteiger partial charge is 0.233 e. The van der Waals surface area contributed by atoms with Crippen LogP contribution >= 0.6 is 0 Å². The highest BCUT2D eigenvalue weighted by molar-refractivity contribution is 6.49. The largest absolute Gasteiger partial charge is 0.327 e. The van der Waals surface area contributed by atoms with E-state index in [0.29, 0.717) is 11.1 Å². The van der Waals surface area contributed by atoms with Gasteiger partial charge in [-0.1, -0.05) is 54.6 Å². The molecule has 0 N–H and O–H groups in total. The third-order valence-electron chi connectivity index (χ3n) is 3.12. The van der Waals surface area contributed by atoms with Crippen LogP contribution in [0.3, 0.4) is 0 Å². The maximum absolute atomic E-state index is 12.2. The molecule has 0 aliphatic rings. The Hall–Kier alpha value is -2.26. The SMILES string of the molecule is C[N+](C)(C)Cc1ccc(C(=O)C(=O)c2ccccc2)cc1. The predicted molar refractivity (Wildman–Crippen MR) is 83.3 cm³/mol. The van der Waals surface area contributed by atoms with Gasteiger partial charge in [0.05, 0.1) is 21.1 Å². The Morgan fingerprint density at radius 1 is 0.762 bits per heavy atom. The van der Waals surface area contributed by atoms with E-state index in [0.717, 1.165) is 16.6 Å². The summed E-state index contributed by atoms with van der Waals surface area (Å²) >= 11 is 0. The van der Waals surface area contributed by atoms with Crippen molar-refractivity contribution in [3.8, 4) is 0 Å². The van der Waals surface area contributed by atoms with Gasteiger partial charge in [-0.3, -0.25) is 9.59 Å². The molecule has 3 nitrogen and oxygen atoms in total. The average molecular weight is 282 g/mol.